The lowest BCUT2D eigenvalue weighted by Gasteiger charge is -1.92. The molecule has 3 nitrogen and oxygen atoms in total. The number of nitrogens with two attached hydrogens (primary N) is 1. The topological polar surface area (TPSA) is 55.1 Å². The summed E-state index contributed by atoms with van der Waals surface area (Å²) in [5.41, 5.74) is 5.60. The lowest BCUT2D eigenvalue weighted by molar-refractivity contribution is 0.259. The van der Waals surface area contributed by atoms with Crippen LogP contribution in [0.25, 0.3) is 0 Å². The van der Waals surface area contributed by atoms with Crippen molar-refractivity contribution in [1.82, 2.24) is 0 Å². The first kappa shape index (κ1) is 7.56. The number of rotatable bonds is 1. The van der Waals surface area contributed by atoms with Crippen LogP contribution in [0.5, 0.6) is 0 Å². The summed E-state index contributed by atoms with van der Waals surface area (Å²) in [6.07, 6.45) is 0. The number of carbonyl (C=O) groups excluding carboxylic acids is 1. The summed E-state index contributed by atoms with van der Waals surface area (Å²) in [6.45, 7) is 0. The highest BCUT2D eigenvalue weighted by Gasteiger charge is 1.97. The van der Waals surface area contributed by atoms with Gasteiger partial charge in [-0.2, -0.15) is 0 Å². The Hall–Kier alpha value is -0.550. The van der Waals surface area contributed by atoms with E-state index in [2.05, 4.69) is 21.2 Å². The third kappa shape index (κ3) is 2.00. The molecule has 0 saturated carbocycles. The lowest BCUT2D eigenvalue weighted by Crippen LogP contribution is -2.18. The molecule has 0 saturated heterocycles. The minimum absolute atomic E-state index is 0.537. The number of carbonyl (C=O) groups is 1. The summed E-state index contributed by atoms with van der Waals surface area (Å²) in [4.78, 5) is 10.3. The van der Waals surface area contributed by atoms with Crippen molar-refractivity contribution in [2.75, 3.05) is 5.32 Å². The average molecular weight is 221 g/mol. The van der Waals surface area contributed by atoms with E-state index in [1.807, 2.05) is 0 Å². The Morgan fingerprint density at radius 3 is 2.90 bits per heavy atom. The van der Waals surface area contributed by atoms with Crippen LogP contribution in [0.1, 0.15) is 0 Å². The predicted octanol–water partition coefficient (Wildman–Crippen LogP) is 2.00. The van der Waals surface area contributed by atoms with E-state index in [-0.39, 0.29) is 0 Å². The van der Waals surface area contributed by atoms with Gasteiger partial charge in [-0.05, 0) is 22.0 Å². The van der Waals surface area contributed by atoms with E-state index >= 15 is 0 Å². The number of thiophene rings is 1. The van der Waals surface area contributed by atoms with Crippen molar-refractivity contribution in [1.29, 1.82) is 0 Å². The van der Waals surface area contributed by atoms with Crippen molar-refractivity contribution in [2.45, 2.75) is 0 Å². The van der Waals surface area contributed by atoms with E-state index in [1.54, 1.807) is 11.4 Å². The number of urea groups is 1. The van der Waals surface area contributed by atoms with Crippen LogP contribution in [0.3, 0.4) is 0 Å². The van der Waals surface area contributed by atoms with Crippen molar-refractivity contribution >= 4 is 39.0 Å². The van der Waals surface area contributed by atoms with E-state index < -0.39 is 6.03 Å². The zero-order valence-electron chi connectivity index (χ0n) is 4.93. The number of anilines is 1. The first-order valence-corrected chi connectivity index (χ1v) is 4.16. The van der Waals surface area contributed by atoms with Gasteiger partial charge in [0.1, 0.15) is 0 Å². The second-order valence-electron chi connectivity index (χ2n) is 1.63. The van der Waals surface area contributed by atoms with Crippen molar-refractivity contribution in [3.63, 3.8) is 0 Å². The molecule has 1 heterocycles. The van der Waals surface area contributed by atoms with Gasteiger partial charge in [-0.3, -0.25) is 0 Å². The fourth-order valence-corrected chi connectivity index (χ4v) is 1.61. The Morgan fingerprint density at radius 1 is 1.80 bits per heavy atom. The Kier molecular flexibility index (Phi) is 2.29. The zero-order valence-corrected chi connectivity index (χ0v) is 7.33. The van der Waals surface area contributed by atoms with Gasteiger partial charge in [-0.25, -0.2) is 4.79 Å². The van der Waals surface area contributed by atoms with Crippen molar-refractivity contribution in [3.05, 3.63) is 15.2 Å². The molecule has 10 heavy (non-hydrogen) atoms. The molecule has 0 fully saturated rings. The fraction of sp³-hybridized carbons (Fsp3) is 0. The SMILES string of the molecule is NC(=O)Nc1csc(Br)c1. The van der Waals surface area contributed by atoms with Crippen LogP contribution < -0.4 is 11.1 Å². The normalized spacial score (nSPS) is 9.30. The summed E-state index contributed by atoms with van der Waals surface area (Å²) < 4.78 is 0.969. The number of hydrogen-bond acceptors (Lipinski definition) is 2. The molecule has 1 aromatic rings. The Balaban J connectivity index is 2.67. The first-order chi connectivity index (χ1) is 4.68. The van der Waals surface area contributed by atoms with Gasteiger partial charge in [0.05, 0.1) is 9.47 Å². The Morgan fingerprint density at radius 2 is 2.50 bits per heavy atom. The van der Waals surface area contributed by atoms with Crippen molar-refractivity contribution in [2.24, 2.45) is 5.73 Å². The smallest absolute Gasteiger partial charge is 0.316 e. The molecule has 0 aliphatic carbocycles. The standard InChI is InChI=1S/C5H5BrN2OS/c6-4-1-3(2-10-4)8-5(7)9/h1-2H,(H3,7,8,9). The molecule has 0 atom stereocenters. The number of halogens is 1. The summed E-state index contributed by atoms with van der Waals surface area (Å²) in [6, 6.07) is 1.25. The zero-order chi connectivity index (χ0) is 7.56. The minimum atomic E-state index is -0.537. The molecule has 0 aliphatic heterocycles. The highest BCUT2D eigenvalue weighted by atomic mass is 79.9. The number of primary amides is 1. The maximum Gasteiger partial charge on any atom is 0.316 e. The van der Waals surface area contributed by atoms with Gasteiger partial charge in [0, 0.05) is 5.38 Å². The van der Waals surface area contributed by atoms with Crippen LogP contribution in [0.2, 0.25) is 0 Å². The molecule has 1 aromatic heterocycles. The second kappa shape index (κ2) is 3.03. The van der Waals surface area contributed by atoms with Crippen LogP contribution >= 0.6 is 27.3 Å². The third-order valence-corrected chi connectivity index (χ3v) is 2.34. The quantitative estimate of drug-likeness (QED) is 0.748. The Labute approximate surface area is 70.4 Å². The van der Waals surface area contributed by atoms with Gasteiger partial charge < -0.3 is 11.1 Å². The van der Waals surface area contributed by atoms with E-state index in [4.69, 9.17) is 5.73 Å². The molecule has 0 bridgehead atoms. The number of hydrogen-bond donors (Lipinski definition) is 2. The van der Waals surface area contributed by atoms with Gasteiger partial charge >= 0.3 is 6.03 Å². The molecule has 0 aromatic carbocycles. The minimum Gasteiger partial charge on any atom is -0.351 e. The van der Waals surface area contributed by atoms with E-state index in [0.29, 0.717) is 0 Å². The van der Waals surface area contributed by atoms with Crippen molar-refractivity contribution < 1.29 is 4.79 Å². The lowest BCUT2D eigenvalue weighted by atomic mass is 10.5. The van der Waals surface area contributed by atoms with Gasteiger partial charge in [0.15, 0.2) is 0 Å². The van der Waals surface area contributed by atoms with Crippen LogP contribution in [0.15, 0.2) is 15.2 Å². The van der Waals surface area contributed by atoms with E-state index in [0.717, 1.165) is 9.47 Å². The molecule has 3 N–H and O–H groups in total. The van der Waals surface area contributed by atoms with Crippen LogP contribution in [-0.4, -0.2) is 6.03 Å². The van der Waals surface area contributed by atoms with Gasteiger partial charge in [0.2, 0.25) is 0 Å². The van der Waals surface area contributed by atoms with E-state index in [1.165, 1.54) is 11.3 Å². The maximum absolute atomic E-state index is 10.3. The first-order valence-electron chi connectivity index (χ1n) is 2.49. The van der Waals surface area contributed by atoms with Crippen molar-refractivity contribution in [3.8, 4) is 0 Å². The highest BCUT2D eigenvalue weighted by molar-refractivity contribution is 9.11. The number of nitrogens with one attached hydrogen (secondary N) is 1. The largest absolute Gasteiger partial charge is 0.351 e. The molecule has 0 aliphatic rings. The molecule has 2 amide bonds. The monoisotopic (exact) mass is 220 g/mol. The summed E-state index contributed by atoms with van der Waals surface area (Å²) >= 11 is 4.74. The van der Waals surface area contributed by atoms with Gasteiger partial charge in [-0.1, -0.05) is 0 Å². The van der Waals surface area contributed by atoms with Gasteiger partial charge in [-0.15, -0.1) is 11.3 Å². The summed E-state index contributed by atoms with van der Waals surface area (Å²) in [5.74, 6) is 0. The molecule has 1 rings (SSSR count). The van der Waals surface area contributed by atoms with Gasteiger partial charge in [0.25, 0.3) is 0 Å². The fourth-order valence-electron chi connectivity index (χ4n) is 0.518. The molecule has 0 spiro atoms. The average Bonchev–Trinajstić information content (AvgIpc) is 2.13. The summed E-state index contributed by atoms with van der Waals surface area (Å²) in [5, 5.41) is 4.25. The molecule has 0 radical (unpaired) electrons. The molecular weight excluding hydrogens is 216 g/mol. The summed E-state index contributed by atoms with van der Waals surface area (Å²) in [7, 11) is 0. The maximum atomic E-state index is 10.3. The molecule has 0 unspecified atom stereocenters. The molecule has 5 heteroatoms. The van der Waals surface area contributed by atoms with Crippen LogP contribution in [0, 0.1) is 0 Å². The third-order valence-electron chi connectivity index (χ3n) is 0.835. The van der Waals surface area contributed by atoms with E-state index in [9.17, 15) is 4.79 Å². The predicted molar refractivity (Wildman–Crippen MR) is 45.2 cm³/mol. The van der Waals surface area contributed by atoms with Crippen LogP contribution in [0.4, 0.5) is 10.5 Å². The molecular formula is C5H5BrN2OS. The van der Waals surface area contributed by atoms with Crippen LogP contribution in [-0.2, 0) is 0 Å². The molecule has 54 valence electrons. The highest BCUT2D eigenvalue weighted by Crippen LogP contribution is 2.23. The second-order valence-corrected chi connectivity index (χ2v) is 3.92. The number of amides is 2. The Bertz CT molecular complexity index is 248.